The van der Waals surface area contributed by atoms with Crippen LogP contribution in [-0.4, -0.2) is 14.7 Å². The summed E-state index contributed by atoms with van der Waals surface area (Å²) in [5, 5.41) is 0. The van der Waals surface area contributed by atoms with Gasteiger partial charge in [0.15, 0.2) is 9.84 Å². The molecule has 18 heavy (non-hydrogen) atoms. The fourth-order valence-corrected chi connectivity index (χ4v) is 3.31. The molecule has 0 radical (unpaired) electrons. The van der Waals surface area contributed by atoms with Crippen molar-refractivity contribution in [1.82, 2.24) is 0 Å². The lowest BCUT2D eigenvalue weighted by Gasteiger charge is -2.02. The minimum atomic E-state index is -3.08. The van der Waals surface area contributed by atoms with Crippen LogP contribution in [0.5, 0.6) is 0 Å². The van der Waals surface area contributed by atoms with Gasteiger partial charge in [-0.15, -0.1) is 11.3 Å². The largest absolute Gasteiger partial charge is 0.224 e. The predicted octanol–water partition coefficient (Wildman–Crippen LogP) is 3.25. The smallest absolute Gasteiger partial charge is 0.175 e. The molecule has 0 unspecified atom stereocenters. The summed E-state index contributed by atoms with van der Waals surface area (Å²) >= 11 is 1.82. The van der Waals surface area contributed by atoms with Gasteiger partial charge in [-0.25, -0.2) is 8.42 Å². The summed E-state index contributed by atoms with van der Waals surface area (Å²) in [5.74, 6) is 0. The lowest BCUT2D eigenvalue weighted by atomic mass is 10.1. The molecule has 0 aliphatic carbocycles. The zero-order valence-corrected chi connectivity index (χ0v) is 12.1. The van der Waals surface area contributed by atoms with E-state index in [-0.39, 0.29) is 0 Å². The summed E-state index contributed by atoms with van der Waals surface area (Å²) in [4.78, 5) is 3.09. The zero-order chi connectivity index (χ0) is 13.2. The molecule has 0 aliphatic rings. The van der Waals surface area contributed by atoms with Crippen LogP contribution in [0, 0.1) is 6.92 Å². The van der Waals surface area contributed by atoms with Crippen LogP contribution < -0.4 is 0 Å². The quantitative estimate of drug-likeness (QED) is 0.861. The van der Waals surface area contributed by atoms with Crippen LogP contribution in [0.25, 0.3) is 0 Å². The highest BCUT2D eigenvalue weighted by Gasteiger charge is 2.06. The summed E-state index contributed by atoms with van der Waals surface area (Å²) in [5.41, 5.74) is 1.17. The molecule has 0 saturated heterocycles. The van der Waals surface area contributed by atoms with Crippen molar-refractivity contribution >= 4 is 21.2 Å². The van der Waals surface area contributed by atoms with Gasteiger partial charge in [0.1, 0.15) is 0 Å². The molecule has 0 bridgehead atoms. The third-order valence-electron chi connectivity index (χ3n) is 2.81. The first kappa shape index (κ1) is 13.3. The van der Waals surface area contributed by atoms with Crippen LogP contribution in [-0.2, 0) is 22.7 Å². The maximum Gasteiger partial charge on any atom is 0.175 e. The molecule has 1 aromatic carbocycles. The van der Waals surface area contributed by atoms with Gasteiger partial charge in [-0.3, -0.25) is 0 Å². The second-order valence-corrected chi connectivity index (χ2v) is 7.82. The van der Waals surface area contributed by atoms with Crippen molar-refractivity contribution in [3.63, 3.8) is 0 Å². The number of hydrogen-bond acceptors (Lipinski definition) is 3. The van der Waals surface area contributed by atoms with Crippen LogP contribution in [0.3, 0.4) is 0 Å². The summed E-state index contributed by atoms with van der Waals surface area (Å²) in [6.07, 6.45) is 3.19. The van der Waals surface area contributed by atoms with Crippen LogP contribution in [0.2, 0.25) is 0 Å². The van der Waals surface area contributed by atoms with Crippen molar-refractivity contribution in [1.29, 1.82) is 0 Å². The summed E-state index contributed by atoms with van der Waals surface area (Å²) in [7, 11) is -3.08. The van der Waals surface area contributed by atoms with E-state index in [0.29, 0.717) is 4.90 Å². The number of aryl methyl sites for hydroxylation is 3. The van der Waals surface area contributed by atoms with E-state index in [9.17, 15) is 8.42 Å². The van der Waals surface area contributed by atoms with Gasteiger partial charge < -0.3 is 0 Å². The van der Waals surface area contributed by atoms with Crippen LogP contribution in [0.1, 0.15) is 15.3 Å². The molecule has 96 valence electrons. The molecular weight excluding hydrogens is 264 g/mol. The number of benzene rings is 1. The predicted molar refractivity (Wildman–Crippen MR) is 76.0 cm³/mol. The van der Waals surface area contributed by atoms with Crippen molar-refractivity contribution < 1.29 is 8.42 Å². The van der Waals surface area contributed by atoms with Gasteiger partial charge in [-0.2, -0.15) is 0 Å². The highest BCUT2D eigenvalue weighted by molar-refractivity contribution is 7.90. The lowest BCUT2D eigenvalue weighted by molar-refractivity contribution is 0.602. The number of hydrogen-bond donors (Lipinski definition) is 0. The third-order valence-corrected chi connectivity index (χ3v) is 5.00. The van der Waals surface area contributed by atoms with Gasteiger partial charge in [0.05, 0.1) is 4.90 Å². The highest BCUT2D eigenvalue weighted by Crippen LogP contribution is 2.18. The van der Waals surface area contributed by atoms with E-state index in [2.05, 4.69) is 19.1 Å². The molecule has 0 aliphatic heterocycles. The molecule has 0 atom stereocenters. The Bertz CT molecular complexity index is 622. The van der Waals surface area contributed by atoms with Gasteiger partial charge >= 0.3 is 0 Å². The summed E-state index contributed by atoms with van der Waals surface area (Å²) in [6.45, 7) is 2.11. The van der Waals surface area contributed by atoms with Crippen LogP contribution in [0.4, 0.5) is 0 Å². The number of rotatable bonds is 4. The van der Waals surface area contributed by atoms with Gasteiger partial charge in [-0.05, 0) is 49.6 Å². The van der Waals surface area contributed by atoms with E-state index in [4.69, 9.17) is 0 Å². The molecule has 0 amide bonds. The summed E-state index contributed by atoms with van der Waals surface area (Å²) < 4.78 is 22.7. The maximum atomic E-state index is 11.3. The highest BCUT2D eigenvalue weighted by atomic mass is 32.2. The maximum absolute atomic E-state index is 11.3. The van der Waals surface area contributed by atoms with Crippen LogP contribution in [0.15, 0.2) is 41.3 Å². The number of sulfone groups is 1. The molecule has 0 spiro atoms. The van der Waals surface area contributed by atoms with E-state index >= 15 is 0 Å². The summed E-state index contributed by atoms with van der Waals surface area (Å²) in [6, 6.07) is 11.5. The lowest BCUT2D eigenvalue weighted by Crippen LogP contribution is -1.97. The van der Waals surface area contributed by atoms with Gasteiger partial charge in [-0.1, -0.05) is 12.1 Å². The molecule has 4 heteroatoms. The minimum Gasteiger partial charge on any atom is -0.224 e. The zero-order valence-electron chi connectivity index (χ0n) is 10.5. The topological polar surface area (TPSA) is 34.1 Å². The average Bonchev–Trinajstić information content (AvgIpc) is 2.72. The second-order valence-electron chi connectivity index (χ2n) is 4.43. The van der Waals surface area contributed by atoms with Gasteiger partial charge in [0, 0.05) is 16.0 Å². The Hall–Kier alpha value is -1.13. The van der Waals surface area contributed by atoms with E-state index in [1.54, 1.807) is 12.1 Å². The Labute approximate surface area is 112 Å². The SMILES string of the molecule is Cc1ccc(CCc2ccc(S(C)(=O)=O)cc2)s1. The molecule has 0 fully saturated rings. The first-order valence-corrected chi connectivity index (χ1v) is 8.50. The normalized spacial score (nSPS) is 11.7. The third kappa shape index (κ3) is 3.43. The Morgan fingerprint density at radius 2 is 1.67 bits per heavy atom. The molecular formula is C14H16O2S2. The minimum absolute atomic E-state index is 0.387. The van der Waals surface area contributed by atoms with Crippen molar-refractivity contribution in [2.45, 2.75) is 24.7 Å². The molecule has 0 saturated carbocycles. The van der Waals surface area contributed by atoms with Crippen molar-refractivity contribution in [3.05, 3.63) is 51.7 Å². The van der Waals surface area contributed by atoms with E-state index in [1.165, 1.54) is 21.6 Å². The Morgan fingerprint density at radius 3 is 2.17 bits per heavy atom. The van der Waals surface area contributed by atoms with Crippen molar-refractivity contribution in [2.24, 2.45) is 0 Å². The molecule has 2 nitrogen and oxygen atoms in total. The first-order valence-electron chi connectivity index (χ1n) is 5.79. The van der Waals surface area contributed by atoms with Gasteiger partial charge in [0.25, 0.3) is 0 Å². The van der Waals surface area contributed by atoms with E-state index < -0.39 is 9.84 Å². The van der Waals surface area contributed by atoms with Crippen molar-refractivity contribution in [2.75, 3.05) is 6.26 Å². The second kappa shape index (κ2) is 5.24. The molecule has 1 aromatic heterocycles. The Kier molecular flexibility index (Phi) is 3.88. The molecule has 2 rings (SSSR count). The Morgan fingerprint density at radius 1 is 1.00 bits per heavy atom. The average molecular weight is 280 g/mol. The van der Waals surface area contributed by atoms with Crippen molar-refractivity contribution in [3.8, 4) is 0 Å². The standard InChI is InChI=1S/C14H16O2S2/c1-11-3-7-13(17-11)8-4-12-5-9-14(10-6-12)18(2,15)16/h3,5-7,9-10H,4,8H2,1-2H3. The fraction of sp³-hybridized carbons (Fsp3) is 0.286. The molecule has 1 heterocycles. The monoisotopic (exact) mass is 280 g/mol. The van der Waals surface area contributed by atoms with Gasteiger partial charge in [0.2, 0.25) is 0 Å². The number of thiophene rings is 1. The molecule has 2 aromatic rings. The first-order chi connectivity index (χ1) is 8.45. The fourth-order valence-electron chi connectivity index (χ4n) is 1.79. The Balaban J connectivity index is 2.03. The molecule has 0 N–H and O–H groups in total. The van der Waals surface area contributed by atoms with E-state index in [0.717, 1.165) is 12.8 Å². The van der Waals surface area contributed by atoms with E-state index in [1.807, 2.05) is 23.5 Å². The van der Waals surface area contributed by atoms with Crippen LogP contribution >= 0.6 is 11.3 Å².